The normalized spacial score (nSPS) is 12.7. The zero-order valence-corrected chi connectivity index (χ0v) is 9.62. The van der Waals surface area contributed by atoms with Crippen molar-refractivity contribution in [1.29, 1.82) is 0 Å². The minimum absolute atomic E-state index is 0.219. The average Bonchev–Trinajstić information content (AvgIpc) is 2.21. The van der Waals surface area contributed by atoms with E-state index in [9.17, 15) is 4.79 Å². The maximum Gasteiger partial charge on any atom is 0.234 e. The fraction of sp³-hybridized carbons (Fsp3) is 0.900. The topological polar surface area (TPSA) is 73.6 Å². The Morgan fingerprint density at radius 2 is 2.13 bits per heavy atom. The molecule has 3 N–H and O–H groups in total. The van der Waals surface area contributed by atoms with Crippen LogP contribution >= 0.6 is 0 Å². The average molecular weight is 218 g/mol. The molecule has 0 rings (SSSR count). The van der Waals surface area contributed by atoms with Gasteiger partial charge >= 0.3 is 0 Å². The van der Waals surface area contributed by atoms with E-state index in [-0.39, 0.29) is 11.9 Å². The highest BCUT2D eigenvalue weighted by Gasteiger charge is 2.10. The Bertz CT molecular complexity index is 165. The van der Waals surface area contributed by atoms with Crippen molar-refractivity contribution < 1.29 is 14.3 Å². The van der Waals surface area contributed by atoms with Crippen LogP contribution in [0, 0.1) is 0 Å². The minimum Gasteiger partial charge on any atom is -0.382 e. The largest absolute Gasteiger partial charge is 0.382 e. The van der Waals surface area contributed by atoms with Crippen LogP contribution in [0.1, 0.15) is 19.8 Å². The number of nitrogens with one attached hydrogen (secondary N) is 1. The van der Waals surface area contributed by atoms with Gasteiger partial charge < -0.3 is 20.5 Å². The van der Waals surface area contributed by atoms with E-state index in [2.05, 4.69) is 5.32 Å². The summed E-state index contributed by atoms with van der Waals surface area (Å²) in [7, 11) is 1.64. The number of rotatable bonds is 10. The van der Waals surface area contributed by atoms with E-state index in [1.165, 1.54) is 0 Å². The van der Waals surface area contributed by atoms with Crippen LogP contribution in [0.15, 0.2) is 0 Å². The molecule has 0 radical (unpaired) electrons. The zero-order chi connectivity index (χ0) is 11.5. The highest BCUT2D eigenvalue weighted by molar-refractivity contribution is 5.79. The van der Waals surface area contributed by atoms with Crippen LogP contribution in [-0.4, -0.2) is 45.4 Å². The van der Waals surface area contributed by atoms with Crippen LogP contribution in [-0.2, 0) is 14.3 Å². The molecule has 0 aliphatic heterocycles. The predicted molar refractivity (Wildman–Crippen MR) is 58.6 cm³/mol. The first-order valence-corrected chi connectivity index (χ1v) is 5.31. The molecule has 5 heteroatoms. The van der Waals surface area contributed by atoms with Gasteiger partial charge in [-0.15, -0.1) is 0 Å². The van der Waals surface area contributed by atoms with Gasteiger partial charge in [-0.3, -0.25) is 4.79 Å². The van der Waals surface area contributed by atoms with E-state index in [1.807, 2.05) is 6.92 Å². The van der Waals surface area contributed by atoms with Gasteiger partial charge in [0.15, 0.2) is 0 Å². The van der Waals surface area contributed by atoms with Crippen LogP contribution in [0.4, 0.5) is 0 Å². The van der Waals surface area contributed by atoms with Gasteiger partial charge in [0.2, 0.25) is 5.91 Å². The lowest BCUT2D eigenvalue weighted by molar-refractivity contribution is -0.120. The molecule has 0 aromatic carbocycles. The van der Waals surface area contributed by atoms with Crippen LogP contribution in [0.2, 0.25) is 0 Å². The third-order valence-corrected chi connectivity index (χ3v) is 2.04. The van der Waals surface area contributed by atoms with Crippen LogP contribution in [0.3, 0.4) is 0 Å². The summed E-state index contributed by atoms with van der Waals surface area (Å²) in [5.74, 6) is -0.294. The van der Waals surface area contributed by atoms with Crippen molar-refractivity contribution in [2.75, 3.05) is 33.5 Å². The van der Waals surface area contributed by atoms with Crippen molar-refractivity contribution >= 4 is 5.91 Å². The molecule has 0 bridgehead atoms. The maximum absolute atomic E-state index is 10.8. The Hall–Kier alpha value is -0.650. The molecular weight excluding hydrogens is 196 g/mol. The number of hydrogen-bond acceptors (Lipinski definition) is 4. The molecule has 0 heterocycles. The summed E-state index contributed by atoms with van der Waals surface area (Å²) in [5, 5.41) is 3.07. The zero-order valence-electron chi connectivity index (χ0n) is 9.62. The Kier molecular flexibility index (Phi) is 9.46. The third-order valence-electron chi connectivity index (χ3n) is 2.04. The number of ether oxygens (including phenoxy) is 2. The van der Waals surface area contributed by atoms with Gasteiger partial charge in [-0.05, 0) is 19.4 Å². The van der Waals surface area contributed by atoms with Crippen molar-refractivity contribution in [3.8, 4) is 0 Å². The molecule has 5 nitrogen and oxygen atoms in total. The van der Waals surface area contributed by atoms with Crippen molar-refractivity contribution in [3.05, 3.63) is 0 Å². The first kappa shape index (κ1) is 14.3. The second-order valence-electron chi connectivity index (χ2n) is 3.28. The Labute approximate surface area is 91.3 Å². The summed E-state index contributed by atoms with van der Waals surface area (Å²) in [4.78, 5) is 10.8. The number of carbonyl (C=O) groups is 1. The number of methoxy groups -OCH3 is 1. The molecule has 90 valence electrons. The minimum atomic E-state index is -0.294. The van der Waals surface area contributed by atoms with Gasteiger partial charge in [-0.1, -0.05) is 6.92 Å². The van der Waals surface area contributed by atoms with E-state index in [1.54, 1.807) is 7.11 Å². The Morgan fingerprint density at radius 1 is 1.40 bits per heavy atom. The van der Waals surface area contributed by atoms with Crippen LogP contribution in [0.5, 0.6) is 0 Å². The lowest BCUT2D eigenvalue weighted by Crippen LogP contribution is -2.41. The van der Waals surface area contributed by atoms with Crippen molar-refractivity contribution in [1.82, 2.24) is 5.32 Å². The fourth-order valence-corrected chi connectivity index (χ4v) is 1.14. The maximum atomic E-state index is 10.8. The van der Waals surface area contributed by atoms with Crippen LogP contribution in [0.25, 0.3) is 0 Å². The highest BCUT2D eigenvalue weighted by atomic mass is 16.5. The molecule has 0 fully saturated rings. The summed E-state index contributed by atoms with van der Waals surface area (Å²) in [6.45, 7) is 4.58. The quantitative estimate of drug-likeness (QED) is 0.502. The summed E-state index contributed by atoms with van der Waals surface area (Å²) >= 11 is 0. The summed E-state index contributed by atoms with van der Waals surface area (Å²) in [5.41, 5.74) is 5.18. The van der Waals surface area contributed by atoms with E-state index < -0.39 is 0 Å². The second-order valence-corrected chi connectivity index (χ2v) is 3.28. The standard InChI is InChI=1S/C10H22N2O3/c1-3-9(10(11)13)12-5-4-6-15-8-7-14-2/h9,12H,3-8H2,1-2H3,(H2,11,13). The van der Waals surface area contributed by atoms with Crippen molar-refractivity contribution in [2.24, 2.45) is 5.73 Å². The monoisotopic (exact) mass is 218 g/mol. The Balaban J connectivity index is 3.25. The number of carbonyl (C=O) groups excluding carboxylic acids is 1. The molecule has 0 saturated heterocycles. The van der Waals surface area contributed by atoms with Gasteiger partial charge in [0.25, 0.3) is 0 Å². The molecule has 0 spiro atoms. The summed E-state index contributed by atoms with van der Waals surface area (Å²) in [6, 6.07) is -0.219. The number of nitrogens with two attached hydrogens (primary N) is 1. The molecule has 1 unspecified atom stereocenters. The lowest BCUT2D eigenvalue weighted by atomic mass is 10.2. The van der Waals surface area contributed by atoms with Gasteiger partial charge in [-0.2, -0.15) is 0 Å². The smallest absolute Gasteiger partial charge is 0.234 e. The molecule has 15 heavy (non-hydrogen) atoms. The first-order valence-electron chi connectivity index (χ1n) is 5.31. The van der Waals surface area contributed by atoms with E-state index in [0.717, 1.165) is 19.4 Å². The lowest BCUT2D eigenvalue weighted by Gasteiger charge is -2.12. The highest BCUT2D eigenvalue weighted by Crippen LogP contribution is 1.90. The predicted octanol–water partition coefficient (Wildman–Crippen LogP) is -0.107. The van der Waals surface area contributed by atoms with E-state index in [4.69, 9.17) is 15.2 Å². The van der Waals surface area contributed by atoms with Gasteiger partial charge in [0.1, 0.15) is 0 Å². The summed E-state index contributed by atoms with van der Waals surface area (Å²) < 4.78 is 10.1. The number of amides is 1. The van der Waals surface area contributed by atoms with Gasteiger partial charge in [-0.25, -0.2) is 0 Å². The molecule has 0 saturated carbocycles. The molecule has 0 aliphatic carbocycles. The molecule has 1 amide bonds. The molecule has 0 aromatic heterocycles. The van der Waals surface area contributed by atoms with Gasteiger partial charge in [0.05, 0.1) is 19.3 Å². The third kappa shape index (κ3) is 8.35. The van der Waals surface area contributed by atoms with E-state index in [0.29, 0.717) is 19.8 Å². The molecule has 1 atom stereocenters. The van der Waals surface area contributed by atoms with Gasteiger partial charge in [0, 0.05) is 13.7 Å². The first-order chi connectivity index (χ1) is 7.22. The Morgan fingerprint density at radius 3 is 2.67 bits per heavy atom. The number of hydrogen-bond donors (Lipinski definition) is 2. The molecular formula is C10H22N2O3. The van der Waals surface area contributed by atoms with Crippen molar-refractivity contribution in [2.45, 2.75) is 25.8 Å². The number of primary amides is 1. The molecule has 0 aromatic rings. The fourth-order valence-electron chi connectivity index (χ4n) is 1.14. The van der Waals surface area contributed by atoms with E-state index >= 15 is 0 Å². The van der Waals surface area contributed by atoms with Crippen LogP contribution < -0.4 is 11.1 Å². The van der Waals surface area contributed by atoms with Crippen molar-refractivity contribution in [3.63, 3.8) is 0 Å². The second kappa shape index (κ2) is 9.89. The summed E-state index contributed by atoms with van der Waals surface area (Å²) in [6.07, 6.45) is 1.59. The molecule has 0 aliphatic rings. The SMILES string of the molecule is CCC(NCCCOCCOC)C(N)=O.